The number of carbonyl (C=O) groups is 1. The number of nitrogens with one attached hydrogen (secondary N) is 1. The SMILES string of the molecule is CC[C@@H](C)NC(=O)c1ccc(Cn2c(SCc3ccc(C)cc3)nc3ccncc32)cc1. The lowest BCUT2D eigenvalue weighted by molar-refractivity contribution is 0.0939. The average Bonchev–Trinajstić information content (AvgIpc) is 3.16. The van der Waals surface area contributed by atoms with Crippen LogP contribution in [0.4, 0.5) is 0 Å². The minimum atomic E-state index is -0.0301. The Kier molecular flexibility index (Phi) is 6.90. The van der Waals surface area contributed by atoms with Crippen LogP contribution in [-0.2, 0) is 12.3 Å². The lowest BCUT2D eigenvalue weighted by Gasteiger charge is -2.12. The fraction of sp³-hybridized carbons (Fsp3) is 0.269. The van der Waals surface area contributed by atoms with E-state index >= 15 is 0 Å². The number of nitrogens with zero attached hydrogens (tertiary/aromatic N) is 3. The molecule has 4 aromatic rings. The summed E-state index contributed by atoms with van der Waals surface area (Å²) in [5, 5.41) is 3.98. The molecule has 5 nitrogen and oxygen atoms in total. The van der Waals surface area contributed by atoms with Gasteiger partial charge in [-0.1, -0.05) is 60.6 Å². The standard InChI is InChI=1S/C26H28N4OS/c1-4-19(3)28-25(31)22-11-9-20(10-12-22)16-30-24-15-27-14-13-23(24)29-26(30)32-17-21-7-5-18(2)6-8-21/h5-15,19H,4,16-17H2,1-3H3,(H,28,31)/t19-/m1/s1. The number of aryl methyl sites for hydroxylation is 1. The summed E-state index contributed by atoms with van der Waals surface area (Å²) in [6, 6.07) is 18.5. The highest BCUT2D eigenvalue weighted by molar-refractivity contribution is 7.98. The summed E-state index contributed by atoms with van der Waals surface area (Å²) in [5.74, 6) is 0.823. The number of thioether (sulfide) groups is 1. The highest BCUT2D eigenvalue weighted by Gasteiger charge is 2.13. The van der Waals surface area contributed by atoms with Gasteiger partial charge in [-0.2, -0.15) is 0 Å². The molecule has 164 valence electrons. The van der Waals surface area contributed by atoms with Crippen molar-refractivity contribution in [3.63, 3.8) is 0 Å². The summed E-state index contributed by atoms with van der Waals surface area (Å²) in [7, 11) is 0. The number of hydrogen-bond acceptors (Lipinski definition) is 4. The number of imidazole rings is 1. The molecule has 1 atom stereocenters. The highest BCUT2D eigenvalue weighted by atomic mass is 32.2. The Labute approximate surface area is 193 Å². The van der Waals surface area contributed by atoms with Crippen LogP contribution in [0.2, 0.25) is 0 Å². The summed E-state index contributed by atoms with van der Waals surface area (Å²) in [5.41, 5.74) is 6.28. The molecule has 0 bridgehead atoms. The third-order valence-corrected chi connectivity index (χ3v) is 6.60. The second-order valence-electron chi connectivity index (χ2n) is 8.10. The fourth-order valence-corrected chi connectivity index (χ4v) is 4.37. The summed E-state index contributed by atoms with van der Waals surface area (Å²) in [4.78, 5) is 21.5. The zero-order valence-corrected chi connectivity index (χ0v) is 19.5. The molecule has 0 unspecified atom stereocenters. The molecule has 4 rings (SSSR count). The molecule has 2 aromatic heterocycles. The number of hydrogen-bond donors (Lipinski definition) is 1. The number of benzene rings is 2. The van der Waals surface area contributed by atoms with Crippen LogP contribution in [0.5, 0.6) is 0 Å². The molecule has 1 amide bonds. The van der Waals surface area contributed by atoms with Crippen molar-refractivity contribution in [1.82, 2.24) is 19.9 Å². The van der Waals surface area contributed by atoms with Gasteiger partial charge >= 0.3 is 0 Å². The Hall–Kier alpha value is -3.12. The number of pyridine rings is 1. The summed E-state index contributed by atoms with van der Waals surface area (Å²) in [6.07, 6.45) is 4.56. The average molecular weight is 445 g/mol. The molecule has 0 aliphatic heterocycles. The quantitative estimate of drug-likeness (QED) is 0.359. The van der Waals surface area contributed by atoms with Crippen LogP contribution in [0.15, 0.2) is 72.1 Å². The van der Waals surface area contributed by atoms with E-state index in [0.29, 0.717) is 12.1 Å². The van der Waals surface area contributed by atoms with Crippen molar-refractivity contribution in [3.8, 4) is 0 Å². The van der Waals surface area contributed by atoms with Crippen LogP contribution in [0.1, 0.15) is 47.3 Å². The van der Waals surface area contributed by atoms with E-state index in [2.05, 4.69) is 53.0 Å². The first-order chi connectivity index (χ1) is 15.5. The van der Waals surface area contributed by atoms with Crippen LogP contribution in [0.3, 0.4) is 0 Å². The van der Waals surface area contributed by atoms with Gasteiger partial charge < -0.3 is 9.88 Å². The maximum atomic E-state index is 12.4. The molecule has 2 heterocycles. The molecule has 0 aliphatic carbocycles. The number of amides is 1. The fourth-order valence-electron chi connectivity index (χ4n) is 3.40. The van der Waals surface area contributed by atoms with Gasteiger partial charge in [0.15, 0.2) is 5.16 Å². The first-order valence-corrected chi connectivity index (χ1v) is 11.9. The number of carbonyl (C=O) groups excluding carboxylic acids is 1. The van der Waals surface area contributed by atoms with E-state index in [4.69, 9.17) is 4.98 Å². The molecule has 0 spiro atoms. The van der Waals surface area contributed by atoms with E-state index in [0.717, 1.165) is 33.9 Å². The Bertz CT molecular complexity index is 1200. The van der Waals surface area contributed by atoms with Gasteiger partial charge in [0.2, 0.25) is 0 Å². The van der Waals surface area contributed by atoms with Gasteiger partial charge in [-0.05, 0) is 49.6 Å². The Balaban J connectivity index is 1.54. The van der Waals surface area contributed by atoms with Crippen LogP contribution < -0.4 is 5.32 Å². The first kappa shape index (κ1) is 22.1. The van der Waals surface area contributed by atoms with Crippen molar-refractivity contribution in [2.24, 2.45) is 0 Å². The van der Waals surface area contributed by atoms with Gasteiger partial charge in [-0.15, -0.1) is 0 Å². The van der Waals surface area contributed by atoms with E-state index in [1.54, 1.807) is 18.0 Å². The van der Waals surface area contributed by atoms with E-state index in [-0.39, 0.29) is 11.9 Å². The zero-order valence-electron chi connectivity index (χ0n) is 18.7. The Morgan fingerprint density at radius 1 is 1.06 bits per heavy atom. The van der Waals surface area contributed by atoms with Crippen LogP contribution in [0, 0.1) is 6.92 Å². The molecule has 0 fully saturated rings. The van der Waals surface area contributed by atoms with Gasteiger partial charge in [0.1, 0.15) is 0 Å². The monoisotopic (exact) mass is 444 g/mol. The molecule has 0 radical (unpaired) electrons. The second kappa shape index (κ2) is 10.0. The van der Waals surface area contributed by atoms with Crippen LogP contribution in [0.25, 0.3) is 11.0 Å². The van der Waals surface area contributed by atoms with Crippen molar-refractivity contribution in [2.75, 3.05) is 0 Å². The van der Waals surface area contributed by atoms with E-state index in [1.807, 2.05) is 43.5 Å². The zero-order chi connectivity index (χ0) is 22.5. The lowest BCUT2D eigenvalue weighted by atomic mass is 10.1. The molecule has 32 heavy (non-hydrogen) atoms. The molecule has 0 aliphatic rings. The minimum Gasteiger partial charge on any atom is -0.350 e. The van der Waals surface area contributed by atoms with Crippen molar-refractivity contribution in [2.45, 2.75) is 50.7 Å². The molecular formula is C26H28N4OS. The predicted octanol–water partition coefficient (Wildman–Crippen LogP) is 5.61. The third-order valence-electron chi connectivity index (χ3n) is 5.55. The number of rotatable bonds is 8. The second-order valence-corrected chi connectivity index (χ2v) is 9.04. The van der Waals surface area contributed by atoms with Crippen molar-refractivity contribution >= 4 is 28.7 Å². The van der Waals surface area contributed by atoms with E-state index in [9.17, 15) is 4.79 Å². The van der Waals surface area contributed by atoms with Crippen LogP contribution in [-0.4, -0.2) is 26.5 Å². The van der Waals surface area contributed by atoms with Gasteiger partial charge in [0.25, 0.3) is 5.91 Å². The van der Waals surface area contributed by atoms with Crippen molar-refractivity contribution in [1.29, 1.82) is 0 Å². The molecular weight excluding hydrogens is 416 g/mol. The highest BCUT2D eigenvalue weighted by Crippen LogP contribution is 2.27. The van der Waals surface area contributed by atoms with Gasteiger partial charge in [0, 0.05) is 23.6 Å². The molecule has 0 saturated heterocycles. The Morgan fingerprint density at radius 3 is 2.50 bits per heavy atom. The third kappa shape index (κ3) is 5.19. The van der Waals surface area contributed by atoms with Crippen molar-refractivity contribution < 1.29 is 4.79 Å². The minimum absolute atomic E-state index is 0.0301. The van der Waals surface area contributed by atoms with E-state index < -0.39 is 0 Å². The summed E-state index contributed by atoms with van der Waals surface area (Å²) < 4.78 is 2.20. The predicted molar refractivity (Wildman–Crippen MR) is 131 cm³/mol. The number of aromatic nitrogens is 3. The van der Waals surface area contributed by atoms with Gasteiger partial charge in [0.05, 0.1) is 23.8 Å². The smallest absolute Gasteiger partial charge is 0.251 e. The molecule has 1 N–H and O–H groups in total. The van der Waals surface area contributed by atoms with Crippen molar-refractivity contribution in [3.05, 3.63) is 89.2 Å². The topological polar surface area (TPSA) is 59.8 Å². The summed E-state index contributed by atoms with van der Waals surface area (Å²) >= 11 is 1.73. The number of fused-ring (bicyclic) bond motifs is 1. The van der Waals surface area contributed by atoms with Gasteiger partial charge in [-0.3, -0.25) is 9.78 Å². The maximum absolute atomic E-state index is 12.4. The molecule has 2 aromatic carbocycles. The summed E-state index contributed by atoms with van der Waals surface area (Å²) in [6.45, 7) is 6.85. The molecule has 0 saturated carbocycles. The largest absolute Gasteiger partial charge is 0.350 e. The Morgan fingerprint density at radius 2 is 1.78 bits per heavy atom. The lowest BCUT2D eigenvalue weighted by Crippen LogP contribution is -2.31. The maximum Gasteiger partial charge on any atom is 0.251 e. The van der Waals surface area contributed by atoms with Gasteiger partial charge in [-0.25, -0.2) is 4.98 Å². The van der Waals surface area contributed by atoms with Crippen LogP contribution >= 0.6 is 11.8 Å². The normalized spacial score (nSPS) is 12.1. The van der Waals surface area contributed by atoms with E-state index in [1.165, 1.54) is 11.1 Å². The first-order valence-electron chi connectivity index (χ1n) is 10.9. The molecule has 6 heteroatoms.